The summed E-state index contributed by atoms with van der Waals surface area (Å²) >= 11 is 12.6. The van der Waals surface area contributed by atoms with Crippen LogP contribution in [0.2, 0.25) is 10.0 Å². The summed E-state index contributed by atoms with van der Waals surface area (Å²) in [5, 5.41) is 1.06. The van der Waals surface area contributed by atoms with Crippen LogP contribution in [0.3, 0.4) is 0 Å². The minimum atomic E-state index is -0.388. The van der Waals surface area contributed by atoms with Crippen molar-refractivity contribution in [3.8, 4) is 0 Å². The van der Waals surface area contributed by atoms with Crippen molar-refractivity contribution in [3.63, 3.8) is 0 Å². The molecule has 4 atom stereocenters. The smallest absolute Gasteiger partial charge is 0.338 e. The molecule has 29 heavy (non-hydrogen) atoms. The number of anilines is 1. The molecule has 2 heterocycles. The second-order valence-corrected chi connectivity index (χ2v) is 8.06. The third-order valence-corrected chi connectivity index (χ3v) is 6.08. The highest BCUT2D eigenvalue weighted by Crippen LogP contribution is 2.46. The molecule has 2 saturated heterocycles. The highest BCUT2D eigenvalue weighted by molar-refractivity contribution is 6.35. The maximum absolute atomic E-state index is 13.3. The van der Waals surface area contributed by atoms with Crippen LogP contribution in [0, 0.1) is 5.92 Å². The van der Waals surface area contributed by atoms with Crippen LogP contribution in [-0.2, 0) is 9.53 Å². The maximum Gasteiger partial charge on any atom is 0.338 e. The van der Waals surface area contributed by atoms with Gasteiger partial charge in [-0.25, -0.2) is 10.2 Å². The molecule has 2 aliphatic heterocycles. The number of nitrogens with zero attached hydrogens (tertiary/aromatic N) is 1. The Hall–Kier alpha value is -2.12. The highest BCUT2D eigenvalue weighted by atomic mass is 35.5. The number of amides is 1. The zero-order valence-corrected chi connectivity index (χ0v) is 17.5. The Kier molecular flexibility index (Phi) is 5.53. The second-order valence-electron chi connectivity index (χ2n) is 7.22. The Morgan fingerprint density at radius 3 is 2.52 bits per heavy atom. The summed E-state index contributed by atoms with van der Waals surface area (Å²) in [5.41, 5.74) is 8.25. The molecule has 0 aliphatic carbocycles. The number of rotatable bonds is 4. The molecule has 6 nitrogen and oxygen atoms in total. The molecule has 0 bridgehead atoms. The predicted molar refractivity (Wildman–Crippen MR) is 112 cm³/mol. The first-order valence-corrected chi connectivity index (χ1v) is 10.2. The van der Waals surface area contributed by atoms with Crippen molar-refractivity contribution in [2.24, 2.45) is 5.92 Å². The van der Waals surface area contributed by atoms with E-state index < -0.39 is 0 Å². The molecule has 4 unspecified atom stereocenters. The zero-order chi connectivity index (χ0) is 20.7. The fourth-order valence-electron chi connectivity index (χ4n) is 4.19. The van der Waals surface area contributed by atoms with Gasteiger partial charge < -0.3 is 9.64 Å². The van der Waals surface area contributed by atoms with Crippen molar-refractivity contribution < 1.29 is 14.3 Å². The Bertz CT molecular complexity index is 951. The van der Waals surface area contributed by atoms with Gasteiger partial charge in [0.1, 0.15) is 6.04 Å². The Morgan fingerprint density at radius 2 is 1.86 bits per heavy atom. The summed E-state index contributed by atoms with van der Waals surface area (Å²) in [6.45, 7) is 4.11. The van der Waals surface area contributed by atoms with Crippen LogP contribution < -0.4 is 15.8 Å². The van der Waals surface area contributed by atoms with E-state index in [9.17, 15) is 9.59 Å². The molecule has 2 fully saturated rings. The lowest BCUT2D eigenvalue weighted by atomic mass is 9.87. The SMILES string of the molecule is CCOC(=O)c1ccc(N2C(=O)C3NNC(C)C3C2c2ccc(Cl)cc2Cl)cc1. The Labute approximate surface area is 179 Å². The standard InChI is InChI=1S/C21H21Cl2N3O3/c1-3-29-21(28)12-4-7-14(8-5-12)26-19(15-9-6-13(22)10-16(15)23)17-11(2)24-25-18(17)20(26)27/h4-11,17-19,24-25H,3H2,1-2H3. The summed E-state index contributed by atoms with van der Waals surface area (Å²) in [7, 11) is 0. The van der Waals surface area contributed by atoms with Gasteiger partial charge in [-0.05, 0) is 55.8 Å². The first kappa shape index (κ1) is 20.2. The summed E-state index contributed by atoms with van der Waals surface area (Å²) in [6, 6.07) is 11.6. The van der Waals surface area contributed by atoms with E-state index in [-0.39, 0.29) is 35.9 Å². The molecule has 0 spiro atoms. The number of hydrogen-bond donors (Lipinski definition) is 2. The van der Waals surface area contributed by atoms with Crippen LogP contribution in [0.4, 0.5) is 5.69 Å². The van der Waals surface area contributed by atoms with Gasteiger partial charge in [-0.15, -0.1) is 0 Å². The van der Waals surface area contributed by atoms with Crippen LogP contribution >= 0.6 is 23.2 Å². The summed E-state index contributed by atoms with van der Waals surface area (Å²) < 4.78 is 5.04. The molecular formula is C21H21Cl2N3O3. The van der Waals surface area contributed by atoms with E-state index in [1.165, 1.54) is 0 Å². The number of halogens is 2. The first-order valence-electron chi connectivity index (χ1n) is 9.48. The van der Waals surface area contributed by atoms with E-state index in [0.29, 0.717) is 27.9 Å². The monoisotopic (exact) mass is 433 g/mol. The first-order chi connectivity index (χ1) is 13.9. The molecule has 2 N–H and O–H groups in total. The van der Waals surface area contributed by atoms with Gasteiger partial charge >= 0.3 is 5.97 Å². The van der Waals surface area contributed by atoms with Crippen molar-refractivity contribution in [1.29, 1.82) is 0 Å². The summed E-state index contributed by atoms with van der Waals surface area (Å²) in [4.78, 5) is 27.0. The van der Waals surface area contributed by atoms with E-state index in [2.05, 4.69) is 10.9 Å². The number of hydrazine groups is 1. The summed E-state index contributed by atoms with van der Waals surface area (Å²) in [5.74, 6) is -0.460. The van der Waals surface area contributed by atoms with E-state index in [4.69, 9.17) is 27.9 Å². The average molecular weight is 434 g/mol. The lowest BCUT2D eigenvalue weighted by Gasteiger charge is -2.31. The molecule has 152 valence electrons. The lowest BCUT2D eigenvalue weighted by Crippen LogP contribution is -2.42. The van der Waals surface area contributed by atoms with E-state index in [1.54, 1.807) is 48.2 Å². The minimum Gasteiger partial charge on any atom is -0.462 e. The maximum atomic E-state index is 13.3. The fraction of sp³-hybridized carbons (Fsp3) is 0.333. The molecule has 4 rings (SSSR count). The van der Waals surface area contributed by atoms with Crippen LogP contribution in [0.1, 0.15) is 35.8 Å². The molecule has 8 heteroatoms. The van der Waals surface area contributed by atoms with Gasteiger partial charge in [-0.3, -0.25) is 10.2 Å². The average Bonchev–Trinajstić information content (AvgIpc) is 3.21. The Balaban J connectivity index is 1.76. The molecule has 0 radical (unpaired) electrons. The third kappa shape index (κ3) is 3.51. The molecule has 2 aromatic rings. The van der Waals surface area contributed by atoms with Crippen LogP contribution in [0.5, 0.6) is 0 Å². The number of carbonyl (C=O) groups is 2. The van der Waals surface area contributed by atoms with E-state index in [1.807, 2.05) is 13.0 Å². The van der Waals surface area contributed by atoms with Gasteiger partial charge in [0.05, 0.1) is 18.2 Å². The van der Waals surface area contributed by atoms with E-state index >= 15 is 0 Å². The number of ether oxygens (including phenoxy) is 1. The minimum absolute atomic E-state index is 0.0223. The van der Waals surface area contributed by atoms with Crippen molar-refractivity contribution >= 4 is 40.8 Å². The van der Waals surface area contributed by atoms with Crippen molar-refractivity contribution in [2.45, 2.75) is 32.0 Å². The lowest BCUT2D eigenvalue weighted by molar-refractivity contribution is -0.119. The van der Waals surface area contributed by atoms with Crippen molar-refractivity contribution in [2.75, 3.05) is 11.5 Å². The molecular weight excluding hydrogens is 413 g/mol. The van der Waals surface area contributed by atoms with Gasteiger partial charge in [0.25, 0.3) is 0 Å². The molecule has 0 aromatic heterocycles. The number of fused-ring (bicyclic) bond motifs is 1. The van der Waals surface area contributed by atoms with E-state index in [0.717, 1.165) is 5.56 Å². The number of benzene rings is 2. The molecule has 1 amide bonds. The number of nitrogens with one attached hydrogen (secondary N) is 2. The predicted octanol–water partition coefficient (Wildman–Crippen LogP) is 3.74. The fourth-order valence-corrected chi connectivity index (χ4v) is 4.71. The normalized spacial score (nSPS) is 25.9. The zero-order valence-electron chi connectivity index (χ0n) is 16.0. The van der Waals surface area contributed by atoms with Crippen molar-refractivity contribution in [3.05, 3.63) is 63.6 Å². The van der Waals surface area contributed by atoms with Crippen LogP contribution in [-0.4, -0.2) is 30.6 Å². The number of esters is 1. The topological polar surface area (TPSA) is 70.7 Å². The van der Waals surface area contributed by atoms with Gasteiger partial charge in [-0.1, -0.05) is 29.3 Å². The number of hydrogen-bond acceptors (Lipinski definition) is 5. The van der Waals surface area contributed by atoms with Crippen LogP contribution in [0.15, 0.2) is 42.5 Å². The third-order valence-electron chi connectivity index (χ3n) is 5.51. The second kappa shape index (κ2) is 7.95. The Morgan fingerprint density at radius 1 is 1.14 bits per heavy atom. The molecule has 2 aromatic carbocycles. The largest absolute Gasteiger partial charge is 0.462 e. The van der Waals surface area contributed by atoms with Crippen molar-refractivity contribution in [1.82, 2.24) is 10.9 Å². The number of carbonyl (C=O) groups excluding carboxylic acids is 2. The quantitative estimate of drug-likeness (QED) is 0.718. The summed E-state index contributed by atoms with van der Waals surface area (Å²) in [6.07, 6.45) is 0. The molecule has 0 saturated carbocycles. The molecule has 2 aliphatic rings. The van der Waals surface area contributed by atoms with Gasteiger partial charge in [0.15, 0.2) is 0 Å². The van der Waals surface area contributed by atoms with Gasteiger partial charge in [0, 0.05) is 27.7 Å². The van der Waals surface area contributed by atoms with Gasteiger partial charge in [0.2, 0.25) is 5.91 Å². The van der Waals surface area contributed by atoms with Crippen LogP contribution in [0.25, 0.3) is 0 Å². The van der Waals surface area contributed by atoms with Gasteiger partial charge in [-0.2, -0.15) is 0 Å². The highest BCUT2D eigenvalue weighted by Gasteiger charge is 2.54.